The monoisotopic (exact) mass is 210 g/mol. The first-order valence-corrected chi connectivity index (χ1v) is 5.91. The van der Waals surface area contributed by atoms with Gasteiger partial charge in [-0.3, -0.25) is 0 Å². The summed E-state index contributed by atoms with van der Waals surface area (Å²) in [5.41, 5.74) is 0. The molecule has 1 N–H and O–H groups in total. The number of hydrogen-bond acceptors (Lipinski definition) is 3. The van der Waals surface area contributed by atoms with E-state index in [0.717, 1.165) is 25.3 Å². The van der Waals surface area contributed by atoms with Gasteiger partial charge in [-0.15, -0.1) is 10.2 Å². The first-order chi connectivity index (χ1) is 7.31. The third-order valence-corrected chi connectivity index (χ3v) is 2.78. The molecule has 1 rings (SSSR count). The molecule has 15 heavy (non-hydrogen) atoms. The predicted octanol–water partition coefficient (Wildman–Crippen LogP) is 1.62. The fourth-order valence-corrected chi connectivity index (χ4v) is 1.71. The number of rotatable bonds is 7. The molecule has 0 atom stereocenters. The summed E-state index contributed by atoms with van der Waals surface area (Å²) in [5, 5.41) is 11.5. The summed E-state index contributed by atoms with van der Waals surface area (Å²) in [7, 11) is 0. The van der Waals surface area contributed by atoms with Crippen LogP contribution >= 0.6 is 0 Å². The highest BCUT2D eigenvalue weighted by Gasteiger charge is 2.03. The summed E-state index contributed by atoms with van der Waals surface area (Å²) in [6.07, 6.45) is 5.15. The van der Waals surface area contributed by atoms with Gasteiger partial charge in [0.15, 0.2) is 0 Å². The molecule has 0 aliphatic rings. The van der Waals surface area contributed by atoms with Gasteiger partial charge in [0.05, 0.1) is 0 Å². The van der Waals surface area contributed by atoms with Crippen LogP contribution in [0.5, 0.6) is 0 Å². The average molecular weight is 210 g/mol. The van der Waals surface area contributed by atoms with Crippen LogP contribution < -0.4 is 5.32 Å². The summed E-state index contributed by atoms with van der Waals surface area (Å²) >= 11 is 0. The van der Waals surface area contributed by atoms with E-state index in [0.29, 0.717) is 6.04 Å². The average Bonchev–Trinajstić information content (AvgIpc) is 2.72. The van der Waals surface area contributed by atoms with E-state index in [2.05, 4.69) is 40.9 Å². The number of nitrogens with one attached hydrogen (secondary N) is 1. The van der Waals surface area contributed by atoms with Crippen molar-refractivity contribution in [2.24, 2.45) is 0 Å². The maximum absolute atomic E-state index is 4.06. The highest BCUT2D eigenvalue weighted by atomic mass is 15.3. The molecule has 0 aromatic carbocycles. The van der Waals surface area contributed by atoms with Crippen molar-refractivity contribution >= 4 is 0 Å². The first-order valence-electron chi connectivity index (χ1n) is 5.91. The summed E-state index contributed by atoms with van der Waals surface area (Å²) in [5.74, 6) is 1.07. The molecule has 0 bridgehead atoms. The van der Waals surface area contributed by atoms with Gasteiger partial charge in [0, 0.05) is 25.6 Å². The Kier molecular flexibility index (Phi) is 5.32. The fraction of sp³-hybridized carbons (Fsp3) is 0.818. The van der Waals surface area contributed by atoms with E-state index < -0.39 is 0 Å². The van der Waals surface area contributed by atoms with Crippen molar-refractivity contribution in [3.63, 3.8) is 0 Å². The summed E-state index contributed by atoms with van der Waals surface area (Å²) in [6, 6.07) is 0.645. The molecule has 0 unspecified atom stereocenters. The van der Waals surface area contributed by atoms with E-state index in [9.17, 15) is 0 Å². The minimum absolute atomic E-state index is 0.645. The van der Waals surface area contributed by atoms with Crippen LogP contribution in [0.1, 0.15) is 39.4 Å². The number of aryl methyl sites for hydroxylation is 1. The minimum Gasteiger partial charge on any atom is -0.316 e. The van der Waals surface area contributed by atoms with E-state index in [1.807, 2.05) is 6.33 Å². The third kappa shape index (κ3) is 3.63. The van der Waals surface area contributed by atoms with Gasteiger partial charge < -0.3 is 9.88 Å². The zero-order valence-electron chi connectivity index (χ0n) is 10.0. The zero-order valence-corrected chi connectivity index (χ0v) is 10.0. The third-order valence-electron chi connectivity index (χ3n) is 2.78. The summed E-state index contributed by atoms with van der Waals surface area (Å²) in [4.78, 5) is 0. The topological polar surface area (TPSA) is 42.7 Å². The quantitative estimate of drug-likeness (QED) is 0.743. The van der Waals surface area contributed by atoms with Gasteiger partial charge >= 0.3 is 0 Å². The molecule has 1 aromatic heterocycles. The Balaban J connectivity index is 2.31. The van der Waals surface area contributed by atoms with Crippen LogP contribution in [-0.4, -0.2) is 27.4 Å². The van der Waals surface area contributed by atoms with Crippen LogP contribution in [0.25, 0.3) is 0 Å². The summed E-state index contributed by atoms with van der Waals surface area (Å²) < 4.78 is 2.12. The molecule has 0 saturated carbocycles. The molecular weight excluding hydrogens is 188 g/mol. The van der Waals surface area contributed by atoms with E-state index >= 15 is 0 Å². The van der Waals surface area contributed by atoms with Crippen LogP contribution in [0.3, 0.4) is 0 Å². The molecule has 0 aliphatic heterocycles. The number of hydrogen-bond donors (Lipinski definition) is 1. The van der Waals surface area contributed by atoms with Gasteiger partial charge in [0.1, 0.15) is 12.2 Å². The van der Waals surface area contributed by atoms with E-state index in [4.69, 9.17) is 0 Å². The van der Waals surface area contributed by atoms with Crippen molar-refractivity contribution in [3.8, 4) is 0 Å². The molecule has 86 valence electrons. The smallest absolute Gasteiger partial charge is 0.132 e. The molecule has 0 aliphatic carbocycles. The molecular formula is C11H22N4. The maximum atomic E-state index is 4.06. The van der Waals surface area contributed by atoms with Crippen molar-refractivity contribution < 1.29 is 0 Å². The largest absolute Gasteiger partial charge is 0.316 e. The molecule has 4 heteroatoms. The van der Waals surface area contributed by atoms with Crippen molar-refractivity contribution in [2.45, 2.75) is 52.6 Å². The lowest BCUT2D eigenvalue weighted by Crippen LogP contribution is -2.30. The molecule has 0 radical (unpaired) electrons. The van der Waals surface area contributed by atoms with E-state index in [1.165, 1.54) is 12.8 Å². The Labute approximate surface area is 92.1 Å². The lowest BCUT2D eigenvalue weighted by Gasteiger charge is -2.14. The zero-order chi connectivity index (χ0) is 11.1. The number of aromatic nitrogens is 3. The number of nitrogens with zero attached hydrogens (tertiary/aromatic N) is 3. The lowest BCUT2D eigenvalue weighted by molar-refractivity contribution is 0.462. The second-order valence-electron chi connectivity index (χ2n) is 3.76. The van der Waals surface area contributed by atoms with Crippen molar-refractivity contribution in [1.82, 2.24) is 20.1 Å². The van der Waals surface area contributed by atoms with E-state index in [1.54, 1.807) is 0 Å². The van der Waals surface area contributed by atoms with E-state index in [-0.39, 0.29) is 0 Å². The van der Waals surface area contributed by atoms with Gasteiger partial charge in [-0.25, -0.2) is 0 Å². The standard InChI is InChI=1S/C11H22N4/c1-4-10(5-2)12-7-8-15-9-13-14-11(15)6-3/h9-10,12H,4-8H2,1-3H3. The Morgan fingerprint density at radius 2 is 2.07 bits per heavy atom. The fourth-order valence-electron chi connectivity index (χ4n) is 1.71. The van der Waals surface area contributed by atoms with Crippen molar-refractivity contribution in [1.29, 1.82) is 0 Å². The van der Waals surface area contributed by atoms with Crippen LogP contribution in [0.2, 0.25) is 0 Å². The Morgan fingerprint density at radius 1 is 1.33 bits per heavy atom. The summed E-state index contributed by atoms with van der Waals surface area (Å²) in [6.45, 7) is 8.51. The first kappa shape index (κ1) is 12.2. The second kappa shape index (κ2) is 6.56. The van der Waals surface area contributed by atoms with Crippen LogP contribution in [0.15, 0.2) is 6.33 Å². The second-order valence-corrected chi connectivity index (χ2v) is 3.76. The van der Waals surface area contributed by atoms with Gasteiger partial charge in [0.25, 0.3) is 0 Å². The van der Waals surface area contributed by atoms with Crippen molar-refractivity contribution in [2.75, 3.05) is 6.54 Å². The Morgan fingerprint density at radius 3 is 2.67 bits per heavy atom. The van der Waals surface area contributed by atoms with Crippen LogP contribution in [-0.2, 0) is 13.0 Å². The molecule has 1 heterocycles. The Hall–Kier alpha value is -0.900. The molecule has 0 fully saturated rings. The van der Waals surface area contributed by atoms with Crippen LogP contribution in [0, 0.1) is 0 Å². The van der Waals surface area contributed by atoms with Crippen molar-refractivity contribution in [3.05, 3.63) is 12.2 Å². The molecule has 1 aromatic rings. The highest BCUT2D eigenvalue weighted by molar-refractivity contribution is 4.84. The van der Waals surface area contributed by atoms with Crippen LogP contribution in [0.4, 0.5) is 0 Å². The molecule has 0 spiro atoms. The SMILES string of the molecule is CCc1nncn1CCNC(CC)CC. The highest BCUT2D eigenvalue weighted by Crippen LogP contribution is 1.97. The Bertz CT molecular complexity index is 265. The molecule has 0 amide bonds. The van der Waals surface area contributed by atoms with Gasteiger partial charge in [-0.2, -0.15) is 0 Å². The predicted molar refractivity (Wildman–Crippen MR) is 61.8 cm³/mol. The normalized spacial score (nSPS) is 11.2. The van der Waals surface area contributed by atoms with Gasteiger partial charge in [0.2, 0.25) is 0 Å². The van der Waals surface area contributed by atoms with Gasteiger partial charge in [-0.05, 0) is 12.8 Å². The maximum Gasteiger partial charge on any atom is 0.132 e. The minimum atomic E-state index is 0.645. The molecule has 0 saturated heterocycles. The lowest BCUT2D eigenvalue weighted by atomic mass is 10.2. The van der Waals surface area contributed by atoms with Gasteiger partial charge in [-0.1, -0.05) is 20.8 Å². The molecule has 4 nitrogen and oxygen atoms in total.